The number of furan rings is 1. The fourth-order valence-electron chi connectivity index (χ4n) is 3.87. The second-order valence-electron chi connectivity index (χ2n) is 7.32. The topological polar surface area (TPSA) is 65.0 Å². The highest BCUT2D eigenvalue weighted by Gasteiger charge is 2.14. The van der Waals surface area contributed by atoms with E-state index in [1.54, 1.807) is 24.0 Å². The van der Waals surface area contributed by atoms with Crippen molar-refractivity contribution < 1.29 is 9.21 Å². The lowest BCUT2D eigenvalue weighted by atomic mass is 10.1. The van der Waals surface area contributed by atoms with Crippen molar-refractivity contribution in [3.05, 3.63) is 78.5 Å². The molecular weight excluding hydrogens is 408 g/mol. The average Bonchev–Trinajstić information content (AvgIpc) is 3.49. The molecule has 3 aromatic heterocycles. The van der Waals surface area contributed by atoms with Crippen molar-refractivity contribution in [2.45, 2.75) is 24.4 Å². The number of benzene rings is 2. The molecule has 0 saturated heterocycles. The standard InChI is InChI=1S/C24H22N4O2S/c1-3-28-20-7-5-4-6-18(20)19-14-16(8-10-21(19)28)26-23(29)22-11-9-17(30-22)15-31-24-25-12-13-27(24)2/h4-14H,3,15H2,1-2H3,(H,26,29). The van der Waals surface area contributed by atoms with Crippen molar-refractivity contribution in [1.82, 2.24) is 14.1 Å². The Bertz CT molecular complexity index is 1400. The van der Waals surface area contributed by atoms with Gasteiger partial charge in [-0.25, -0.2) is 4.98 Å². The van der Waals surface area contributed by atoms with E-state index in [-0.39, 0.29) is 5.91 Å². The summed E-state index contributed by atoms with van der Waals surface area (Å²) in [6.07, 6.45) is 3.66. The first kappa shape index (κ1) is 19.5. The molecule has 1 N–H and O–H groups in total. The second-order valence-corrected chi connectivity index (χ2v) is 8.27. The third kappa shape index (κ3) is 3.61. The lowest BCUT2D eigenvalue weighted by Crippen LogP contribution is -2.10. The number of amides is 1. The molecule has 3 heterocycles. The molecule has 0 fully saturated rings. The molecular formula is C24H22N4O2S. The number of nitrogens with zero attached hydrogens (tertiary/aromatic N) is 3. The summed E-state index contributed by atoms with van der Waals surface area (Å²) in [7, 11) is 1.95. The van der Waals surface area contributed by atoms with Gasteiger partial charge in [0.1, 0.15) is 5.76 Å². The first-order valence-corrected chi connectivity index (χ1v) is 11.1. The van der Waals surface area contributed by atoms with Crippen LogP contribution in [0, 0.1) is 0 Å². The van der Waals surface area contributed by atoms with E-state index < -0.39 is 0 Å². The van der Waals surface area contributed by atoms with E-state index in [1.165, 1.54) is 10.9 Å². The molecule has 0 spiro atoms. The van der Waals surface area contributed by atoms with E-state index in [9.17, 15) is 4.79 Å². The van der Waals surface area contributed by atoms with E-state index in [0.29, 0.717) is 11.5 Å². The number of nitrogens with one attached hydrogen (secondary N) is 1. The normalized spacial score (nSPS) is 11.4. The number of rotatable bonds is 6. The van der Waals surface area contributed by atoms with Gasteiger partial charge in [-0.05, 0) is 43.3 Å². The van der Waals surface area contributed by atoms with Gasteiger partial charge in [0.25, 0.3) is 5.91 Å². The maximum Gasteiger partial charge on any atom is 0.291 e. The monoisotopic (exact) mass is 430 g/mol. The number of anilines is 1. The summed E-state index contributed by atoms with van der Waals surface area (Å²) in [6.45, 7) is 3.03. The predicted octanol–water partition coefficient (Wildman–Crippen LogP) is 5.69. The maximum absolute atomic E-state index is 12.7. The van der Waals surface area contributed by atoms with Gasteiger partial charge in [-0.2, -0.15) is 0 Å². The first-order valence-electron chi connectivity index (χ1n) is 10.1. The van der Waals surface area contributed by atoms with Crippen molar-refractivity contribution in [1.29, 1.82) is 0 Å². The Morgan fingerprint density at radius 1 is 1.10 bits per heavy atom. The van der Waals surface area contributed by atoms with Gasteiger partial charge >= 0.3 is 0 Å². The molecule has 5 aromatic rings. The van der Waals surface area contributed by atoms with Crippen LogP contribution in [0.2, 0.25) is 0 Å². The molecule has 0 aliphatic rings. The Hall–Kier alpha value is -3.45. The summed E-state index contributed by atoms with van der Waals surface area (Å²) in [5, 5.41) is 6.18. The van der Waals surface area contributed by atoms with E-state index in [0.717, 1.165) is 34.1 Å². The van der Waals surface area contributed by atoms with Crippen molar-refractivity contribution in [2.75, 3.05) is 5.32 Å². The van der Waals surface area contributed by atoms with Crippen molar-refractivity contribution >= 4 is 45.2 Å². The molecule has 2 aromatic carbocycles. The fourth-order valence-corrected chi connectivity index (χ4v) is 4.70. The molecule has 7 heteroatoms. The van der Waals surface area contributed by atoms with Gasteiger partial charge in [-0.15, -0.1) is 0 Å². The summed E-state index contributed by atoms with van der Waals surface area (Å²) in [5.41, 5.74) is 3.11. The third-order valence-electron chi connectivity index (χ3n) is 5.35. The number of aromatic nitrogens is 3. The minimum atomic E-state index is -0.258. The lowest BCUT2D eigenvalue weighted by Gasteiger charge is -2.05. The Labute approximate surface area is 183 Å². The number of thioether (sulfide) groups is 1. The molecule has 1 amide bonds. The van der Waals surface area contributed by atoms with Gasteiger partial charge in [0.2, 0.25) is 0 Å². The molecule has 0 radical (unpaired) electrons. The smallest absolute Gasteiger partial charge is 0.291 e. The van der Waals surface area contributed by atoms with Crippen LogP contribution in [0.3, 0.4) is 0 Å². The number of hydrogen-bond donors (Lipinski definition) is 1. The van der Waals surface area contributed by atoms with Crippen LogP contribution in [0.25, 0.3) is 21.8 Å². The van der Waals surface area contributed by atoms with Crippen LogP contribution in [0.4, 0.5) is 5.69 Å². The zero-order chi connectivity index (χ0) is 21.4. The summed E-state index contributed by atoms with van der Waals surface area (Å²) in [4.78, 5) is 17.0. The number of aryl methyl sites for hydroxylation is 2. The zero-order valence-electron chi connectivity index (χ0n) is 17.3. The molecule has 0 atom stereocenters. The van der Waals surface area contributed by atoms with Crippen molar-refractivity contribution in [3.8, 4) is 0 Å². The number of hydrogen-bond acceptors (Lipinski definition) is 4. The zero-order valence-corrected chi connectivity index (χ0v) is 18.1. The van der Waals surface area contributed by atoms with E-state index in [2.05, 4.69) is 46.1 Å². The molecule has 0 aliphatic heterocycles. The van der Waals surface area contributed by atoms with Gasteiger partial charge in [0.05, 0.1) is 5.75 Å². The summed E-state index contributed by atoms with van der Waals surface area (Å²) in [6, 6.07) is 17.9. The second kappa shape index (κ2) is 8.00. The molecule has 0 bridgehead atoms. The molecule has 0 aliphatic carbocycles. The fraction of sp³-hybridized carbons (Fsp3) is 0.167. The Morgan fingerprint density at radius 3 is 2.74 bits per heavy atom. The molecule has 0 unspecified atom stereocenters. The largest absolute Gasteiger partial charge is 0.455 e. The third-order valence-corrected chi connectivity index (χ3v) is 6.43. The number of carbonyl (C=O) groups is 1. The van der Waals surface area contributed by atoms with Gasteiger partial charge in [-0.1, -0.05) is 30.0 Å². The van der Waals surface area contributed by atoms with Crippen molar-refractivity contribution in [2.24, 2.45) is 7.05 Å². The number of carbonyl (C=O) groups excluding carboxylic acids is 1. The highest BCUT2D eigenvalue weighted by Crippen LogP contribution is 2.31. The van der Waals surface area contributed by atoms with Gasteiger partial charge in [0.15, 0.2) is 10.9 Å². The highest BCUT2D eigenvalue weighted by atomic mass is 32.2. The Morgan fingerprint density at radius 2 is 1.94 bits per heavy atom. The van der Waals surface area contributed by atoms with Gasteiger partial charge < -0.3 is 18.9 Å². The first-order chi connectivity index (χ1) is 15.1. The van der Waals surface area contributed by atoms with Crippen LogP contribution in [0.1, 0.15) is 23.2 Å². The van der Waals surface area contributed by atoms with Crippen LogP contribution < -0.4 is 5.32 Å². The van der Waals surface area contributed by atoms with Gasteiger partial charge in [0, 0.05) is 53.5 Å². The van der Waals surface area contributed by atoms with Crippen LogP contribution in [0.5, 0.6) is 0 Å². The van der Waals surface area contributed by atoms with Crippen LogP contribution in [-0.4, -0.2) is 20.0 Å². The molecule has 156 valence electrons. The Kier molecular flexibility index (Phi) is 5.03. The van der Waals surface area contributed by atoms with Crippen LogP contribution >= 0.6 is 11.8 Å². The lowest BCUT2D eigenvalue weighted by molar-refractivity contribution is 0.0995. The summed E-state index contributed by atoms with van der Waals surface area (Å²) < 4.78 is 10.00. The van der Waals surface area contributed by atoms with E-state index in [4.69, 9.17) is 4.42 Å². The highest BCUT2D eigenvalue weighted by molar-refractivity contribution is 7.98. The molecule has 5 rings (SSSR count). The minimum Gasteiger partial charge on any atom is -0.455 e. The van der Waals surface area contributed by atoms with Crippen LogP contribution in [-0.2, 0) is 19.3 Å². The number of para-hydroxylation sites is 1. The average molecular weight is 431 g/mol. The molecule has 31 heavy (non-hydrogen) atoms. The molecule has 0 saturated carbocycles. The number of fused-ring (bicyclic) bond motifs is 3. The quantitative estimate of drug-likeness (QED) is 0.352. The SMILES string of the molecule is CCn1c2ccccc2c2cc(NC(=O)c3ccc(CSc4nccn4C)o3)ccc21. The minimum absolute atomic E-state index is 0.258. The number of imidazole rings is 1. The Balaban J connectivity index is 1.35. The van der Waals surface area contributed by atoms with Gasteiger partial charge in [-0.3, -0.25) is 4.79 Å². The predicted molar refractivity (Wildman–Crippen MR) is 125 cm³/mol. The van der Waals surface area contributed by atoms with E-state index >= 15 is 0 Å². The molecule has 6 nitrogen and oxygen atoms in total. The maximum atomic E-state index is 12.7. The van der Waals surface area contributed by atoms with Crippen molar-refractivity contribution in [3.63, 3.8) is 0 Å². The van der Waals surface area contributed by atoms with E-state index in [1.807, 2.05) is 42.1 Å². The van der Waals surface area contributed by atoms with Crippen LogP contribution in [0.15, 0.2) is 76.6 Å². The summed E-state index contributed by atoms with van der Waals surface area (Å²) in [5.74, 6) is 1.39. The summed E-state index contributed by atoms with van der Waals surface area (Å²) >= 11 is 1.57.